The molecular weight excluding hydrogens is 250 g/mol. The molecule has 0 radical (unpaired) electrons. The maximum absolute atomic E-state index is 12.4. The number of nitrogens with zero attached hydrogens (tertiary/aromatic N) is 2. The van der Waals surface area contributed by atoms with Crippen LogP contribution in [-0.2, 0) is 12.8 Å². The molecule has 1 aliphatic rings. The van der Waals surface area contributed by atoms with Crippen LogP contribution in [0.5, 0.6) is 0 Å². The van der Waals surface area contributed by atoms with Gasteiger partial charge in [0, 0.05) is 25.0 Å². The van der Waals surface area contributed by atoms with Gasteiger partial charge in [-0.25, -0.2) is 0 Å². The lowest BCUT2D eigenvalue weighted by molar-refractivity contribution is 0.0732. The van der Waals surface area contributed by atoms with E-state index in [1.807, 2.05) is 19.2 Å². The highest BCUT2D eigenvalue weighted by molar-refractivity contribution is 5.93. The van der Waals surface area contributed by atoms with Gasteiger partial charge in [0.05, 0.1) is 0 Å². The summed E-state index contributed by atoms with van der Waals surface area (Å²) in [4.78, 5) is 18.3. The van der Waals surface area contributed by atoms with E-state index in [4.69, 9.17) is 5.73 Å². The molecule has 2 N–H and O–H groups in total. The molecule has 1 aromatic carbocycles. The van der Waals surface area contributed by atoms with Gasteiger partial charge in [0.15, 0.2) is 0 Å². The molecule has 0 fully saturated rings. The standard InChI is InChI=1S/C16H17N3O/c1-19(16(20)15-10-13(17)6-7-18-15)14-8-11-4-2-3-5-12(11)9-14/h2-7,10,14H,8-9H2,1H3,(H2,17,18). The Morgan fingerprint density at radius 1 is 1.25 bits per heavy atom. The summed E-state index contributed by atoms with van der Waals surface area (Å²) < 4.78 is 0. The Kier molecular flexibility index (Phi) is 3.14. The van der Waals surface area contributed by atoms with E-state index in [1.54, 1.807) is 23.2 Å². The van der Waals surface area contributed by atoms with Crippen molar-refractivity contribution in [3.05, 3.63) is 59.4 Å². The van der Waals surface area contributed by atoms with Crippen molar-refractivity contribution in [2.75, 3.05) is 12.8 Å². The number of benzene rings is 1. The van der Waals surface area contributed by atoms with Gasteiger partial charge >= 0.3 is 0 Å². The van der Waals surface area contributed by atoms with Crippen LogP contribution in [0, 0.1) is 0 Å². The number of nitrogens with two attached hydrogens (primary N) is 1. The largest absolute Gasteiger partial charge is 0.399 e. The first-order valence-corrected chi connectivity index (χ1v) is 6.70. The number of fused-ring (bicyclic) bond motifs is 1. The number of rotatable bonds is 2. The summed E-state index contributed by atoms with van der Waals surface area (Å²) in [7, 11) is 1.84. The van der Waals surface area contributed by atoms with Gasteiger partial charge < -0.3 is 10.6 Å². The predicted molar refractivity (Wildman–Crippen MR) is 78.4 cm³/mol. The highest BCUT2D eigenvalue weighted by Crippen LogP contribution is 2.25. The zero-order valence-electron chi connectivity index (χ0n) is 11.4. The molecule has 0 unspecified atom stereocenters. The average molecular weight is 267 g/mol. The molecule has 0 spiro atoms. The van der Waals surface area contributed by atoms with Gasteiger partial charge in [-0.15, -0.1) is 0 Å². The number of likely N-dealkylation sites (N-methyl/N-ethyl adjacent to an activating group) is 1. The fraction of sp³-hybridized carbons (Fsp3) is 0.250. The first kappa shape index (κ1) is 12.7. The first-order chi connectivity index (χ1) is 9.65. The number of carbonyl (C=O) groups is 1. The second-order valence-corrected chi connectivity index (χ2v) is 5.22. The van der Waals surface area contributed by atoms with Gasteiger partial charge in [-0.3, -0.25) is 9.78 Å². The molecule has 4 heteroatoms. The summed E-state index contributed by atoms with van der Waals surface area (Å²) in [5.74, 6) is -0.0740. The van der Waals surface area contributed by atoms with Crippen LogP contribution in [0.25, 0.3) is 0 Å². The van der Waals surface area contributed by atoms with Gasteiger partial charge in [0.25, 0.3) is 5.91 Å². The van der Waals surface area contributed by atoms with Gasteiger partial charge in [-0.1, -0.05) is 24.3 Å². The minimum Gasteiger partial charge on any atom is -0.399 e. The van der Waals surface area contributed by atoms with E-state index < -0.39 is 0 Å². The normalized spacial score (nSPS) is 14.1. The van der Waals surface area contributed by atoms with Crippen LogP contribution in [0.15, 0.2) is 42.6 Å². The molecule has 20 heavy (non-hydrogen) atoms. The highest BCUT2D eigenvalue weighted by atomic mass is 16.2. The monoisotopic (exact) mass is 267 g/mol. The van der Waals surface area contributed by atoms with Crippen molar-refractivity contribution in [2.24, 2.45) is 0 Å². The number of amides is 1. The Morgan fingerprint density at radius 2 is 1.90 bits per heavy atom. The second-order valence-electron chi connectivity index (χ2n) is 5.22. The molecule has 0 atom stereocenters. The third kappa shape index (κ3) is 2.25. The molecule has 0 saturated carbocycles. The van der Waals surface area contributed by atoms with Crippen molar-refractivity contribution in [3.63, 3.8) is 0 Å². The summed E-state index contributed by atoms with van der Waals surface area (Å²) in [6.45, 7) is 0. The smallest absolute Gasteiger partial charge is 0.272 e. The molecule has 0 aliphatic heterocycles. The summed E-state index contributed by atoms with van der Waals surface area (Å²) in [5, 5.41) is 0. The Hall–Kier alpha value is -2.36. The number of aromatic nitrogens is 1. The maximum Gasteiger partial charge on any atom is 0.272 e. The Labute approximate surface area is 118 Å². The number of carbonyl (C=O) groups excluding carboxylic acids is 1. The van der Waals surface area contributed by atoms with Crippen LogP contribution in [0.4, 0.5) is 5.69 Å². The number of hydrogen-bond acceptors (Lipinski definition) is 3. The van der Waals surface area contributed by atoms with Crippen LogP contribution in [-0.4, -0.2) is 28.9 Å². The fourth-order valence-corrected chi connectivity index (χ4v) is 2.72. The van der Waals surface area contributed by atoms with Crippen LogP contribution in [0.1, 0.15) is 21.6 Å². The van der Waals surface area contributed by atoms with E-state index >= 15 is 0 Å². The number of hydrogen-bond donors (Lipinski definition) is 1. The van der Waals surface area contributed by atoms with E-state index in [1.165, 1.54) is 11.1 Å². The van der Waals surface area contributed by atoms with Gasteiger partial charge in [-0.05, 0) is 36.1 Å². The van der Waals surface area contributed by atoms with Crippen LogP contribution >= 0.6 is 0 Å². The van der Waals surface area contributed by atoms with E-state index in [-0.39, 0.29) is 11.9 Å². The quantitative estimate of drug-likeness (QED) is 0.904. The predicted octanol–water partition coefficient (Wildman–Crippen LogP) is 1.90. The van der Waals surface area contributed by atoms with Gasteiger partial charge in [0.1, 0.15) is 5.69 Å². The molecular formula is C16H17N3O. The van der Waals surface area contributed by atoms with Gasteiger partial charge in [0.2, 0.25) is 0 Å². The number of pyridine rings is 1. The minimum absolute atomic E-state index is 0.0740. The van der Waals surface area contributed by atoms with E-state index in [0.29, 0.717) is 11.4 Å². The van der Waals surface area contributed by atoms with E-state index in [2.05, 4.69) is 17.1 Å². The molecule has 2 aromatic rings. The van der Waals surface area contributed by atoms with E-state index in [9.17, 15) is 4.79 Å². The van der Waals surface area contributed by atoms with Gasteiger partial charge in [-0.2, -0.15) is 0 Å². The molecule has 1 amide bonds. The summed E-state index contributed by atoms with van der Waals surface area (Å²) in [5.41, 5.74) is 9.34. The molecule has 1 heterocycles. The number of nitrogen functional groups attached to an aromatic ring is 1. The average Bonchev–Trinajstić information content (AvgIpc) is 2.89. The maximum atomic E-state index is 12.4. The molecule has 4 nitrogen and oxygen atoms in total. The van der Waals surface area contributed by atoms with Crippen LogP contribution < -0.4 is 5.73 Å². The lowest BCUT2D eigenvalue weighted by Crippen LogP contribution is -2.38. The number of anilines is 1. The lowest BCUT2D eigenvalue weighted by Gasteiger charge is -2.24. The second kappa shape index (κ2) is 4.96. The molecule has 1 aliphatic carbocycles. The minimum atomic E-state index is -0.0740. The summed E-state index contributed by atoms with van der Waals surface area (Å²) in [6, 6.07) is 11.9. The highest BCUT2D eigenvalue weighted by Gasteiger charge is 2.28. The lowest BCUT2D eigenvalue weighted by atomic mass is 10.1. The van der Waals surface area contributed by atoms with E-state index in [0.717, 1.165) is 12.8 Å². The third-order valence-electron chi connectivity index (χ3n) is 3.90. The van der Waals surface area contributed by atoms with Crippen LogP contribution in [0.3, 0.4) is 0 Å². The van der Waals surface area contributed by atoms with Crippen molar-refractivity contribution in [1.29, 1.82) is 0 Å². The van der Waals surface area contributed by atoms with Crippen molar-refractivity contribution in [1.82, 2.24) is 9.88 Å². The van der Waals surface area contributed by atoms with Crippen molar-refractivity contribution in [3.8, 4) is 0 Å². The SMILES string of the molecule is CN(C(=O)c1cc(N)ccn1)C1Cc2ccccc2C1. The Balaban J connectivity index is 1.78. The van der Waals surface area contributed by atoms with Crippen LogP contribution in [0.2, 0.25) is 0 Å². The topological polar surface area (TPSA) is 59.2 Å². The third-order valence-corrected chi connectivity index (χ3v) is 3.90. The zero-order valence-corrected chi connectivity index (χ0v) is 11.4. The molecule has 1 aromatic heterocycles. The Morgan fingerprint density at radius 3 is 2.50 bits per heavy atom. The summed E-state index contributed by atoms with van der Waals surface area (Å²) >= 11 is 0. The zero-order chi connectivity index (χ0) is 14.1. The molecule has 0 bridgehead atoms. The first-order valence-electron chi connectivity index (χ1n) is 6.70. The molecule has 3 rings (SSSR count). The fourth-order valence-electron chi connectivity index (χ4n) is 2.72. The van der Waals surface area contributed by atoms with Crippen molar-refractivity contribution in [2.45, 2.75) is 18.9 Å². The summed E-state index contributed by atoms with van der Waals surface area (Å²) in [6.07, 6.45) is 3.38. The Bertz CT molecular complexity index is 629. The molecule has 102 valence electrons. The van der Waals surface area contributed by atoms with Crippen molar-refractivity contribution >= 4 is 11.6 Å². The molecule has 0 saturated heterocycles. The van der Waals surface area contributed by atoms with Crippen molar-refractivity contribution < 1.29 is 4.79 Å².